The number of rotatable bonds is 4. The second-order valence-electron chi connectivity index (χ2n) is 2.96. The fourth-order valence-electron chi connectivity index (χ4n) is 0.892. The number of nitrogens with two attached hydrogens (primary N) is 1. The molecule has 0 aliphatic heterocycles. The third-order valence-corrected chi connectivity index (χ3v) is 1.95. The van der Waals surface area contributed by atoms with Crippen LogP contribution >= 0.6 is 22.6 Å². The molecule has 3 nitrogen and oxygen atoms in total. The number of ketones is 1. The lowest BCUT2D eigenvalue weighted by molar-refractivity contribution is -0.119. The fourth-order valence-corrected chi connectivity index (χ4v) is 1.70. The highest BCUT2D eigenvalue weighted by atomic mass is 127. The van der Waals surface area contributed by atoms with Crippen molar-refractivity contribution in [3.8, 4) is 0 Å². The average molecular weight is 282 g/mol. The second kappa shape index (κ2) is 4.79. The molecule has 0 saturated carbocycles. The topological polar surface area (TPSA) is 55.5 Å². The molecule has 0 heterocycles. The lowest BCUT2D eigenvalue weighted by atomic mass is 10.1. The van der Waals surface area contributed by atoms with Crippen LogP contribution in [0, 0.1) is 0 Å². The minimum Gasteiger partial charge on any atom is -0.388 e. The van der Waals surface area contributed by atoms with Gasteiger partial charge in [0.2, 0.25) is 0 Å². The first-order chi connectivity index (χ1) is 5.37. The van der Waals surface area contributed by atoms with Crippen LogP contribution in [0.4, 0.5) is 0 Å². The number of carbonyl (C=O) groups is 1. The summed E-state index contributed by atoms with van der Waals surface area (Å²) in [5, 5.41) is 0. The molecule has 70 valence electrons. The van der Waals surface area contributed by atoms with Gasteiger partial charge in [0.05, 0.1) is 5.84 Å². The Labute approximate surface area is 87.0 Å². The van der Waals surface area contributed by atoms with Crippen LogP contribution in [0.15, 0.2) is 4.99 Å². The summed E-state index contributed by atoms with van der Waals surface area (Å²) in [6, 6.07) is 0. The van der Waals surface area contributed by atoms with Gasteiger partial charge in [0.15, 0.2) is 0 Å². The molecular weight excluding hydrogens is 267 g/mol. The van der Waals surface area contributed by atoms with E-state index in [-0.39, 0.29) is 9.33 Å². The lowest BCUT2D eigenvalue weighted by Gasteiger charge is -2.16. The number of amidine groups is 1. The molecule has 0 rings (SSSR count). The predicted octanol–water partition coefficient (Wildman–Crippen LogP) is 1.88. The molecule has 0 unspecified atom stereocenters. The van der Waals surface area contributed by atoms with Crippen LogP contribution in [0.5, 0.6) is 0 Å². The highest BCUT2D eigenvalue weighted by molar-refractivity contribution is 14.1. The monoisotopic (exact) mass is 282 g/mol. The van der Waals surface area contributed by atoms with Gasteiger partial charge in [-0.05, 0) is 13.8 Å². The van der Waals surface area contributed by atoms with E-state index < -0.39 is 0 Å². The number of halogens is 1. The van der Waals surface area contributed by atoms with Crippen molar-refractivity contribution in [3.63, 3.8) is 0 Å². The van der Waals surface area contributed by atoms with Crippen LogP contribution in [0.1, 0.15) is 33.6 Å². The molecule has 0 aromatic carbocycles. The zero-order valence-electron chi connectivity index (χ0n) is 7.72. The largest absolute Gasteiger partial charge is 0.388 e. The lowest BCUT2D eigenvalue weighted by Crippen LogP contribution is -2.21. The maximum atomic E-state index is 11.1. The van der Waals surface area contributed by atoms with Gasteiger partial charge in [-0.15, -0.1) is 0 Å². The van der Waals surface area contributed by atoms with Crippen LogP contribution in [-0.2, 0) is 4.79 Å². The van der Waals surface area contributed by atoms with Crippen molar-refractivity contribution in [2.24, 2.45) is 10.7 Å². The van der Waals surface area contributed by atoms with Crippen molar-refractivity contribution in [3.05, 3.63) is 0 Å². The van der Waals surface area contributed by atoms with Gasteiger partial charge in [-0.2, -0.15) is 0 Å². The Bertz CT molecular complexity index is 195. The maximum absolute atomic E-state index is 11.1. The summed E-state index contributed by atoms with van der Waals surface area (Å²) in [6.07, 6.45) is 1.02. The SMILES string of the molecule is CCC(=O)C[C@@](C)(I)N=C(C)N. The van der Waals surface area contributed by atoms with Gasteiger partial charge in [-0.3, -0.25) is 9.79 Å². The quantitative estimate of drug-likeness (QED) is 0.281. The Hall–Kier alpha value is -0.130. The van der Waals surface area contributed by atoms with Crippen molar-refractivity contribution in [1.82, 2.24) is 0 Å². The summed E-state index contributed by atoms with van der Waals surface area (Å²) >= 11 is 2.14. The zero-order chi connectivity index (χ0) is 9.78. The molecule has 4 heteroatoms. The number of alkyl halides is 1. The molecule has 0 aliphatic rings. The van der Waals surface area contributed by atoms with Gasteiger partial charge in [0.1, 0.15) is 9.33 Å². The summed E-state index contributed by atoms with van der Waals surface area (Å²) in [5.74, 6) is 0.743. The fraction of sp³-hybridized carbons (Fsp3) is 0.750. The van der Waals surface area contributed by atoms with Crippen LogP contribution in [0.3, 0.4) is 0 Å². The standard InChI is InChI=1S/C8H15IN2O/c1-4-7(12)5-8(3,9)11-6(2)10/h4-5H2,1-3H3,(H2,10,11)/t8-/m0/s1. The van der Waals surface area contributed by atoms with Crippen LogP contribution in [-0.4, -0.2) is 15.2 Å². The van der Waals surface area contributed by atoms with Gasteiger partial charge in [-0.25, -0.2) is 0 Å². The van der Waals surface area contributed by atoms with Gasteiger partial charge in [0, 0.05) is 12.8 Å². The third kappa shape index (κ3) is 5.51. The molecule has 0 spiro atoms. The highest BCUT2D eigenvalue weighted by Crippen LogP contribution is 2.24. The Morgan fingerprint density at radius 2 is 2.17 bits per heavy atom. The number of Topliss-reactive ketones (excluding diaryl/α,β-unsaturated/α-hetero) is 1. The minimum atomic E-state index is -0.371. The summed E-state index contributed by atoms with van der Waals surface area (Å²) < 4.78 is -0.371. The van der Waals surface area contributed by atoms with E-state index >= 15 is 0 Å². The third-order valence-electron chi connectivity index (χ3n) is 1.32. The van der Waals surface area contributed by atoms with Gasteiger partial charge in [-0.1, -0.05) is 29.5 Å². The number of hydrogen-bond donors (Lipinski definition) is 1. The molecule has 12 heavy (non-hydrogen) atoms. The molecule has 1 atom stereocenters. The van der Waals surface area contributed by atoms with E-state index in [0.29, 0.717) is 18.7 Å². The average Bonchev–Trinajstić information content (AvgIpc) is 1.83. The van der Waals surface area contributed by atoms with E-state index in [2.05, 4.69) is 27.6 Å². The Balaban J connectivity index is 4.23. The van der Waals surface area contributed by atoms with Crippen molar-refractivity contribution in [2.45, 2.75) is 37.2 Å². The predicted molar refractivity (Wildman–Crippen MR) is 59.6 cm³/mol. The van der Waals surface area contributed by atoms with E-state index in [0.717, 1.165) is 0 Å². The summed E-state index contributed by atoms with van der Waals surface area (Å²) in [6.45, 7) is 5.49. The Morgan fingerprint density at radius 1 is 1.67 bits per heavy atom. The molecule has 0 amide bonds. The molecule has 0 fully saturated rings. The molecule has 2 N–H and O–H groups in total. The van der Waals surface area contributed by atoms with E-state index in [1.165, 1.54) is 0 Å². The van der Waals surface area contributed by atoms with E-state index in [1.54, 1.807) is 6.92 Å². The first-order valence-corrected chi connectivity index (χ1v) is 4.98. The Kier molecular flexibility index (Phi) is 4.74. The summed E-state index contributed by atoms with van der Waals surface area (Å²) in [4.78, 5) is 15.3. The molecule has 0 saturated heterocycles. The van der Waals surface area contributed by atoms with Gasteiger partial charge < -0.3 is 5.73 Å². The molecule has 0 aromatic heterocycles. The minimum absolute atomic E-state index is 0.219. The van der Waals surface area contributed by atoms with E-state index in [4.69, 9.17) is 5.73 Å². The van der Waals surface area contributed by atoms with Crippen molar-refractivity contribution >= 4 is 34.2 Å². The second-order valence-corrected chi connectivity index (χ2v) is 5.29. The summed E-state index contributed by atoms with van der Waals surface area (Å²) in [5.41, 5.74) is 5.43. The molecule has 0 bridgehead atoms. The zero-order valence-corrected chi connectivity index (χ0v) is 9.88. The highest BCUT2D eigenvalue weighted by Gasteiger charge is 2.21. The Morgan fingerprint density at radius 3 is 2.50 bits per heavy atom. The van der Waals surface area contributed by atoms with Crippen LogP contribution < -0.4 is 5.73 Å². The summed E-state index contributed by atoms with van der Waals surface area (Å²) in [7, 11) is 0. The smallest absolute Gasteiger partial charge is 0.135 e. The molecule has 0 aliphatic carbocycles. The van der Waals surface area contributed by atoms with Gasteiger partial charge in [0.25, 0.3) is 0 Å². The van der Waals surface area contributed by atoms with Gasteiger partial charge >= 0.3 is 0 Å². The number of aliphatic imine (C=N–C) groups is 1. The van der Waals surface area contributed by atoms with Crippen molar-refractivity contribution < 1.29 is 4.79 Å². The first-order valence-electron chi connectivity index (χ1n) is 3.90. The first kappa shape index (κ1) is 11.9. The van der Waals surface area contributed by atoms with Crippen LogP contribution in [0.2, 0.25) is 0 Å². The number of carbonyl (C=O) groups excluding carboxylic acids is 1. The normalized spacial score (nSPS) is 17.2. The number of hydrogen-bond acceptors (Lipinski definition) is 2. The van der Waals surface area contributed by atoms with Crippen molar-refractivity contribution in [2.75, 3.05) is 0 Å². The maximum Gasteiger partial charge on any atom is 0.135 e. The molecule has 0 aromatic rings. The molecule has 0 radical (unpaired) electrons. The van der Waals surface area contributed by atoms with Crippen molar-refractivity contribution in [1.29, 1.82) is 0 Å². The number of nitrogens with zero attached hydrogens (tertiary/aromatic N) is 1. The van der Waals surface area contributed by atoms with Crippen LogP contribution in [0.25, 0.3) is 0 Å². The molecular formula is C8H15IN2O. The van der Waals surface area contributed by atoms with E-state index in [9.17, 15) is 4.79 Å². The van der Waals surface area contributed by atoms with E-state index in [1.807, 2.05) is 13.8 Å².